The van der Waals surface area contributed by atoms with Crippen molar-refractivity contribution in [3.63, 3.8) is 0 Å². The summed E-state index contributed by atoms with van der Waals surface area (Å²) in [5.74, 6) is 0.844. The molecule has 0 fully saturated rings. The third-order valence-corrected chi connectivity index (χ3v) is 2.96. The monoisotopic (exact) mass is 351 g/mol. The third-order valence-electron chi connectivity index (χ3n) is 2.47. The van der Waals surface area contributed by atoms with Crippen molar-refractivity contribution >= 4 is 15.9 Å². The lowest BCUT2D eigenvalue weighted by Gasteiger charge is -2.12. The van der Waals surface area contributed by atoms with Gasteiger partial charge in [0.2, 0.25) is 0 Å². The minimum Gasteiger partial charge on any atom is -0.493 e. The Labute approximate surface area is 126 Å². The highest BCUT2D eigenvalue weighted by Gasteiger charge is 2.05. The smallest absolute Gasteiger partial charge is 0.261 e. The molecule has 0 aliphatic carbocycles. The maximum atomic E-state index is 11.9. The summed E-state index contributed by atoms with van der Waals surface area (Å²) in [4.78, 5) is 0. The van der Waals surface area contributed by atoms with Crippen LogP contribution in [0, 0.1) is 0 Å². The van der Waals surface area contributed by atoms with Crippen LogP contribution in [-0.2, 0) is 11.3 Å². The largest absolute Gasteiger partial charge is 0.493 e. The molecule has 0 atom stereocenters. The quantitative estimate of drug-likeness (QED) is 0.653. The Hall–Kier alpha value is -0.720. The summed E-state index contributed by atoms with van der Waals surface area (Å²) in [5.41, 5.74) is 1.03. The Bertz CT molecular complexity index is 391. The van der Waals surface area contributed by atoms with Crippen LogP contribution < -0.4 is 10.1 Å². The molecule has 0 spiro atoms. The van der Waals surface area contributed by atoms with Crippen LogP contribution in [0.4, 0.5) is 8.78 Å². The zero-order chi connectivity index (χ0) is 14.8. The molecule has 6 heteroatoms. The van der Waals surface area contributed by atoms with Crippen molar-refractivity contribution in [1.82, 2.24) is 5.32 Å². The number of nitrogens with one attached hydrogen (secondary N) is 1. The van der Waals surface area contributed by atoms with Crippen LogP contribution in [0.15, 0.2) is 22.7 Å². The molecule has 3 nitrogen and oxygen atoms in total. The molecule has 1 aromatic rings. The van der Waals surface area contributed by atoms with Gasteiger partial charge < -0.3 is 14.8 Å². The Morgan fingerprint density at radius 2 is 2.10 bits per heavy atom. The van der Waals surface area contributed by atoms with Crippen molar-refractivity contribution in [2.24, 2.45) is 0 Å². The number of ether oxygens (including phenoxy) is 2. The lowest BCUT2D eigenvalue weighted by atomic mass is 10.2. The van der Waals surface area contributed by atoms with Gasteiger partial charge in [0.1, 0.15) is 12.4 Å². The fraction of sp³-hybridized carbons (Fsp3) is 0.571. The summed E-state index contributed by atoms with van der Waals surface area (Å²) in [6.07, 6.45) is -1.46. The molecule has 0 heterocycles. The van der Waals surface area contributed by atoms with Gasteiger partial charge in [-0.25, -0.2) is 8.78 Å². The van der Waals surface area contributed by atoms with Gasteiger partial charge in [-0.2, -0.15) is 0 Å². The van der Waals surface area contributed by atoms with E-state index in [4.69, 9.17) is 9.47 Å². The van der Waals surface area contributed by atoms with Gasteiger partial charge in [0, 0.05) is 23.1 Å². The predicted molar refractivity (Wildman–Crippen MR) is 78.5 cm³/mol. The SMILES string of the molecule is CCCOc1ccc(Br)cc1CNCCOCC(F)F. The fourth-order valence-corrected chi connectivity index (χ4v) is 1.99. The molecule has 0 amide bonds. The Morgan fingerprint density at radius 3 is 2.80 bits per heavy atom. The van der Waals surface area contributed by atoms with E-state index in [1.165, 1.54) is 0 Å². The average Bonchev–Trinajstić information content (AvgIpc) is 2.41. The third kappa shape index (κ3) is 7.17. The highest BCUT2D eigenvalue weighted by molar-refractivity contribution is 9.10. The lowest BCUT2D eigenvalue weighted by Crippen LogP contribution is -2.21. The van der Waals surface area contributed by atoms with Gasteiger partial charge in [-0.15, -0.1) is 0 Å². The van der Waals surface area contributed by atoms with Gasteiger partial charge in [-0.05, 0) is 24.6 Å². The topological polar surface area (TPSA) is 30.5 Å². The van der Waals surface area contributed by atoms with Crippen LogP contribution in [0.2, 0.25) is 0 Å². The molecular formula is C14H20BrF2NO2. The molecule has 0 aliphatic heterocycles. The van der Waals surface area contributed by atoms with Crippen LogP contribution in [-0.4, -0.2) is 32.8 Å². The first-order valence-electron chi connectivity index (χ1n) is 6.61. The van der Waals surface area contributed by atoms with E-state index in [0.717, 1.165) is 22.2 Å². The van der Waals surface area contributed by atoms with E-state index in [0.29, 0.717) is 19.7 Å². The first kappa shape index (κ1) is 17.3. The highest BCUT2D eigenvalue weighted by Crippen LogP contribution is 2.23. The molecule has 1 aromatic carbocycles. The van der Waals surface area contributed by atoms with E-state index < -0.39 is 13.0 Å². The molecule has 0 radical (unpaired) electrons. The number of alkyl halides is 2. The summed E-state index contributed by atoms with van der Waals surface area (Å²) in [7, 11) is 0. The molecule has 0 aromatic heterocycles. The Morgan fingerprint density at radius 1 is 1.30 bits per heavy atom. The number of hydrogen-bond acceptors (Lipinski definition) is 3. The molecular weight excluding hydrogens is 332 g/mol. The molecule has 1 N–H and O–H groups in total. The number of benzene rings is 1. The van der Waals surface area contributed by atoms with Crippen molar-refractivity contribution in [3.05, 3.63) is 28.2 Å². The summed E-state index contributed by atoms with van der Waals surface area (Å²) >= 11 is 3.42. The second-order valence-corrected chi connectivity index (χ2v) is 5.16. The van der Waals surface area contributed by atoms with Crippen molar-refractivity contribution in [3.8, 4) is 5.75 Å². The van der Waals surface area contributed by atoms with Crippen molar-refractivity contribution in [1.29, 1.82) is 0 Å². The number of hydrogen-bond donors (Lipinski definition) is 1. The molecule has 114 valence electrons. The second-order valence-electron chi connectivity index (χ2n) is 4.24. The van der Waals surface area contributed by atoms with Gasteiger partial charge in [0.25, 0.3) is 6.43 Å². The van der Waals surface area contributed by atoms with Crippen molar-refractivity contribution in [2.75, 3.05) is 26.4 Å². The fourth-order valence-electron chi connectivity index (χ4n) is 1.58. The number of halogens is 3. The minimum atomic E-state index is -2.41. The van der Waals surface area contributed by atoms with Crippen LogP contribution in [0.25, 0.3) is 0 Å². The summed E-state index contributed by atoms with van der Waals surface area (Å²) < 4.78 is 35.2. The molecule has 0 unspecified atom stereocenters. The van der Waals surface area contributed by atoms with Crippen LogP contribution >= 0.6 is 15.9 Å². The maximum absolute atomic E-state index is 11.9. The first-order valence-corrected chi connectivity index (χ1v) is 7.40. The van der Waals surface area contributed by atoms with E-state index in [-0.39, 0.29) is 6.61 Å². The standard InChI is InChI=1S/C14H20BrF2NO2/c1-2-6-20-13-4-3-12(15)8-11(13)9-18-5-7-19-10-14(16)17/h3-4,8,14,18H,2,5-7,9-10H2,1H3. The zero-order valence-corrected chi connectivity index (χ0v) is 13.1. The van der Waals surface area contributed by atoms with Gasteiger partial charge in [0.05, 0.1) is 13.2 Å². The van der Waals surface area contributed by atoms with E-state index in [9.17, 15) is 8.78 Å². The Balaban J connectivity index is 2.35. The van der Waals surface area contributed by atoms with Crippen molar-refractivity contribution in [2.45, 2.75) is 26.3 Å². The second kappa shape index (κ2) is 10.1. The maximum Gasteiger partial charge on any atom is 0.261 e. The molecule has 20 heavy (non-hydrogen) atoms. The minimum absolute atomic E-state index is 0.267. The van der Waals surface area contributed by atoms with Crippen LogP contribution in [0.3, 0.4) is 0 Å². The summed E-state index contributed by atoms with van der Waals surface area (Å²) in [5, 5.41) is 3.15. The van der Waals surface area contributed by atoms with Gasteiger partial charge >= 0.3 is 0 Å². The van der Waals surface area contributed by atoms with Gasteiger partial charge in [-0.1, -0.05) is 22.9 Å². The van der Waals surface area contributed by atoms with E-state index in [2.05, 4.69) is 28.2 Å². The van der Waals surface area contributed by atoms with E-state index >= 15 is 0 Å². The molecule has 0 saturated carbocycles. The molecule has 0 bridgehead atoms. The van der Waals surface area contributed by atoms with Gasteiger partial charge in [0.15, 0.2) is 0 Å². The first-order chi connectivity index (χ1) is 9.63. The Kier molecular flexibility index (Phi) is 8.73. The lowest BCUT2D eigenvalue weighted by molar-refractivity contribution is 0.0187. The summed E-state index contributed by atoms with van der Waals surface area (Å²) in [6.45, 7) is 3.61. The van der Waals surface area contributed by atoms with Crippen LogP contribution in [0.1, 0.15) is 18.9 Å². The highest BCUT2D eigenvalue weighted by atomic mass is 79.9. The average molecular weight is 352 g/mol. The zero-order valence-electron chi connectivity index (χ0n) is 11.5. The van der Waals surface area contributed by atoms with E-state index in [1.54, 1.807) is 0 Å². The normalized spacial score (nSPS) is 11.1. The van der Waals surface area contributed by atoms with Crippen LogP contribution in [0.5, 0.6) is 5.75 Å². The molecule has 0 aliphatic rings. The number of rotatable bonds is 10. The van der Waals surface area contributed by atoms with Gasteiger partial charge in [-0.3, -0.25) is 0 Å². The van der Waals surface area contributed by atoms with E-state index in [1.807, 2.05) is 18.2 Å². The predicted octanol–water partition coefficient (Wildman–Crippen LogP) is 3.61. The van der Waals surface area contributed by atoms with Crippen molar-refractivity contribution < 1.29 is 18.3 Å². The summed E-state index contributed by atoms with van der Waals surface area (Å²) in [6, 6.07) is 5.84. The molecule has 1 rings (SSSR count). The molecule has 0 saturated heterocycles.